The van der Waals surface area contributed by atoms with Crippen molar-refractivity contribution >= 4 is 29.2 Å². The molecule has 114 valence electrons. The number of anilines is 1. The van der Waals surface area contributed by atoms with Crippen LogP contribution in [0.1, 0.15) is 25.7 Å². The molecule has 21 heavy (non-hydrogen) atoms. The molecule has 6 heteroatoms. The van der Waals surface area contributed by atoms with Crippen molar-refractivity contribution < 1.29 is 19.4 Å². The summed E-state index contributed by atoms with van der Waals surface area (Å²) in [6, 6.07) is 4.95. The lowest BCUT2D eigenvalue weighted by molar-refractivity contribution is -0.147. The van der Waals surface area contributed by atoms with Gasteiger partial charge in [-0.1, -0.05) is 24.4 Å². The molecule has 0 aromatic heterocycles. The van der Waals surface area contributed by atoms with Crippen molar-refractivity contribution in [2.45, 2.75) is 25.7 Å². The predicted octanol–water partition coefficient (Wildman–Crippen LogP) is 3.18. The predicted molar refractivity (Wildman–Crippen MR) is 79.7 cm³/mol. The third kappa shape index (κ3) is 3.67. The van der Waals surface area contributed by atoms with E-state index in [0.29, 0.717) is 29.3 Å². The monoisotopic (exact) mass is 311 g/mol. The first-order valence-electron chi connectivity index (χ1n) is 6.90. The van der Waals surface area contributed by atoms with E-state index in [4.69, 9.17) is 16.3 Å². The van der Waals surface area contributed by atoms with Crippen LogP contribution in [-0.4, -0.2) is 24.1 Å². The number of benzene rings is 1. The first-order valence-corrected chi connectivity index (χ1v) is 7.28. The molecule has 1 fully saturated rings. The summed E-state index contributed by atoms with van der Waals surface area (Å²) >= 11 is 6.05. The Morgan fingerprint density at radius 3 is 2.57 bits per heavy atom. The van der Waals surface area contributed by atoms with Crippen LogP contribution in [0.15, 0.2) is 18.2 Å². The van der Waals surface area contributed by atoms with Gasteiger partial charge in [-0.3, -0.25) is 9.59 Å². The van der Waals surface area contributed by atoms with Crippen molar-refractivity contribution in [3.63, 3.8) is 0 Å². The van der Waals surface area contributed by atoms with E-state index < -0.39 is 17.8 Å². The highest BCUT2D eigenvalue weighted by atomic mass is 35.5. The maximum atomic E-state index is 12.4. The standard InChI is InChI=1S/C15H18ClNO4/c1-21-9-6-7-12(16)13(8-9)17-14(18)10-4-2-3-5-11(10)15(19)20/h6-8,10-11H,2-5H2,1H3,(H,17,18)(H,19,20)/t10-,11+/m1/s1. The fourth-order valence-corrected chi connectivity index (χ4v) is 2.86. The zero-order valence-electron chi connectivity index (χ0n) is 11.8. The zero-order chi connectivity index (χ0) is 15.4. The van der Waals surface area contributed by atoms with Crippen molar-refractivity contribution in [1.82, 2.24) is 0 Å². The van der Waals surface area contributed by atoms with Gasteiger partial charge in [0.1, 0.15) is 5.75 Å². The maximum absolute atomic E-state index is 12.4. The Morgan fingerprint density at radius 2 is 1.95 bits per heavy atom. The van der Waals surface area contributed by atoms with E-state index >= 15 is 0 Å². The van der Waals surface area contributed by atoms with E-state index in [9.17, 15) is 14.7 Å². The molecule has 0 radical (unpaired) electrons. The number of methoxy groups -OCH3 is 1. The average Bonchev–Trinajstić information content (AvgIpc) is 2.49. The van der Waals surface area contributed by atoms with Crippen LogP contribution in [0.25, 0.3) is 0 Å². The summed E-state index contributed by atoms with van der Waals surface area (Å²) in [5, 5.41) is 12.4. The Labute approximate surface area is 128 Å². The largest absolute Gasteiger partial charge is 0.497 e. The van der Waals surface area contributed by atoms with Crippen molar-refractivity contribution in [1.29, 1.82) is 0 Å². The Hall–Kier alpha value is -1.75. The van der Waals surface area contributed by atoms with Gasteiger partial charge in [0.2, 0.25) is 5.91 Å². The summed E-state index contributed by atoms with van der Waals surface area (Å²) in [5.74, 6) is -1.77. The zero-order valence-corrected chi connectivity index (χ0v) is 12.5. The van der Waals surface area contributed by atoms with Gasteiger partial charge in [0.25, 0.3) is 0 Å². The third-order valence-electron chi connectivity index (χ3n) is 3.85. The van der Waals surface area contributed by atoms with Gasteiger partial charge < -0.3 is 15.2 Å². The molecule has 1 aromatic rings. The quantitative estimate of drug-likeness (QED) is 0.895. The molecule has 0 bridgehead atoms. The summed E-state index contributed by atoms with van der Waals surface area (Å²) in [7, 11) is 1.52. The second-order valence-corrected chi connectivity index (χ2v) is 5.58. The van der Waals surface area contributed by atoms with E-state index in [1.807, 2.05) is 0 Å². The Morgan fingerprint density at radius 1 is 1.29 bits per heavy atom. The van der Waals surface area contributed by atoms with Crippen molar-refractivity contribution in [2.75, 3.05) is 12.4 Å². The second-order valence-electron chi connectivity index (χ2n) is 5.17. The van der Waals surface area contributed by atoms with Gasteiger partial charge in [0.05, 0.1) is 29.7 Å². The first-order chi connectivity index (χ1) is 10.0. The molecule has 1 aliphatic carbocycles. The minimum absolute atomic E-state index is 0.294. The third-order valence-corrected chi connectivity index (χ3v) is 4.18. The van der Waals surface area contributed by atoms with E-state index in [1.54, 1.807) is 18.2 Å². The van der Waals surface area contributed by atoms with Gasteiger partial charge in [-0.15, -0.1) is 0 Å². The number of carbonyl (C=O) groups is 2. The number of carboxylic acids is 1. The SMILES string of the molecule is COc1ccc(Cl)c(NC(=O)[C@@H]2CCCC[C@@H]2C(=O)O)c1. The molecule has 0 saturated heterocycles. The molecule has 2 atom stereocenters. The molecule has 5 nitrogen and oxygen atoms in total. The van der Waals surface area contributed by atoms with Crippen LogP contribution < -0.4 is 10.1 Å². The van der Waals surface area contributed by atoms with E-state index in [0.717, 1.165) is 12.8 Å². The Bertz CT molecular complexity index is 546. The van der Waals surface area contributed by atoms with Crippen LogP contribution in [0.2, 0.25) is 5.02 Å². The fourth-order valence-electron chi connectivity index (χ4n) is 2.69. The van der Waals surface area contributed by atoms with Gasteiger partial charge in [0.15, 0.2) is 0 Å². The number of halogens is 1. The van der Waals surface area contributed by atoms with E-state index in [-0.39, 0.29) is 5.91 Å². The van der Waals surface area contributed by atoms with Crippen LogP contribution in [0.3, 0.4) is 0 Å². The molecular formula is C15H18ClNO4. The molecule has 0 aliphatic heterocycles. The first kappa shape index (κ1) is 15.6. The lowest BCUT2D eigenvalue weighted by Crippen LogP contribution is -2.36. The van der Waals surface area contributed by atoms with Crippen molar-refractivity contribution in [2.24, 2.45) is 11.8 Å². The van der Waals surface area contributed by atoms with Gasteiger partial charge >= 0.3 is 5.97 Å². The Balaban J connectivity index is 2.14. The number of hydrogen-bond acceptors (Lipinski definition) is 3. The highest BCUT2D eigenvalue weighted by Gasteiger charge is 2.35. The number of hydrogen-bond donors (Lipinski definition) is 2. The summed E-state index contributed by atoms with van der Waals surface area (Å²) in [6.07, 6.45) is 2.85. The van der Waals surface area contributed by atoms with Crippen LogP contribution >= 0.6 is 11.6 Å². The van der Waals surface area contributed by atoms with Gasteiger partial charge in [0, 0.05) is 6.07 Å². The number of aliphatic carboxylic acids is 1. The molecule has 1 saturated carbocycles. The lowest BCUT2D eigenvalue weighted by Gasteiger charge is -2.27. The average molecular weight is 312 g/mol. The highest BCUT2D eigenvalue weighted by Crippen LogP contribution is 2.33. The molecule has 0 heterocycles. The summed E-state index contributed by atoms with van der Waals surface area (Å²) in [5.41, 5.74) is 0.440. The number of amides is 1. The second kappa shape index (κ2) is 6.80. The van der Waals surface area contributed by atoms with Crippen molar-refractivity contribution in [3.05, 3.63) is 23.2 Å². The molecule has 0 unspecified atom stereocenters. The Kier molecular flexibility index (Phi) is 5.07. The van der Waals surface area contributed by atoms with Gasteiger partial charge in [-0.25, -0.2) is 0 Å². The lowest BCUT2D eigenvalue weighted by atomic mass is 9.78. The summed E-state index contributed by atoms with van der Waals surface area (Å²) in [4.78, 5) is 23.6. The molecule has 2 rings (SSSR count). The smallest absolute Gasteiger partial charge is 0.307 e. The number of rotatable bonds is 4. The molecule has 1 aliphatic rings. The van der Waals surface area contributed by atoms with Crippen LogP contribution in [0.4, 0.5) is 5.69 Å². The molecule has 1 aromatic carbocycles. The summed E-state index contributed by atoms with van der Waals surface area (Å²) in [6.45, 7) is 0. The van der Waals surface area contributed by atoms with Gasteiger partial charge in [-0.2, -0.15) is 0 Å². The van der Waals surface area contributed by atoms with Crippen molar-refractivity contribution in [3.8, 4) is 5.75 Å². The van der Waals surface area contributed by atoms with Gasteiger partial charge in [-0.05, 0) is 25.0 Å². The minimum atomic E-state index is -0.911. The number of carboxylic acid groups (broad SMARTS) is 1. The molecular weight excluding hydrogens is 294 g/mol. The van der Waals surface area contributed by atoms with E-state index in [1.165, 1.54) is 7.11 Å². The van der Waals surface area contributed by atoms with Crippen LogP contribution in [0.5, 0.6) is 5.75 Å². The molecule has 1 amide bonds. The number of nitrogens with one attached hydrogen (secondary N) is 1. The molecule has 0 spiro atoms. The number of carbonyl (C=O) groups excluding carboxylic acids is 1. The number of ether oxygens (including phenoxy) is 1. The van der Waals surface area contributed by atoms with E-state index in [2.05, 4.69) is 5.32 Å². The normalized spacial score (nSPS) is 21.6. The maximum Gasteiger partial charge on any atom is 0.307 e. The van der Waals surface area contributed by atoms with Crippen LogP contribution in [-0.2, 0) is 9.59 Å². The topological polar surface area (TPSA) is 75.6 Å². The fraction of sp³-hybridized carbons (Fsp3) is 0.467. The highest BCUT2D eigenvalue weighted by molar-refractivity contribution is 6.33. The molecule has 2 N–H and O–H groups in total. The minimum Gasteiger partial charge on any atom is -0.497 e. The van der Waals surface area contributed by atoms with Crippen LogP contribution in [0, 0.1) is 11.8 Å². The summed E-state index contributed by atoms with van der Waals surface area (Å²) < 4.78 is 5.09.